The molecule has 2 aliphatic heterocycles. The first-order valence-electron chi connectivity index (χ1n) is 5.89. The highest BCUT2D eigenvalue weighted by Gasteiger charge is 2.21. The molecule has 0 amide bonds. The predicted molar refractivity (Wildman–Crippen MR) is 57.4 cm³/mol. The Labute approximate surface area is 86.8 Å². The molecule has 82 valence electrons. The van der Waals surface area contributed by atoms with E-state index in [0.29, 0.717) is 6.10 Å². The van der Waals surface area contributed by atoms with Gasteiger partial charge in [0.25, 0.3) is 0 Å². The van der Waals surface area contributed by atoms with Crippen molar-refractivity contribution >= 4 is 0 Å². The standard InChI is InChI=1S/C11H22N2O/c1-10-8-13(6-7-14-10)9-11-2-4-12-5-3-11/h10-12H,2-9H2,1H3. The second kappa shape index (κ2) is 5.10. The smallest absolute Gasteiger partial charge is 0.0674 e. The van der Waals surface area contributed by atoms with Gasteiger partial charge in [0.1, 0.15) is 0 Å². The van der Waals surface area contributed by atoms with Crippen molar-refractivity contribution in [2.24, 2.45) is 5.92 Å². The molecule has 0 aromatic rings. The van der Waals surface area contributed by atoms with Gasteiger partial charge in [-0.2, -0.15) is 0 Å². The van der Waals surface area contributed by atoms with Crippen LogP contribution in [0.3, 0.4) is 0 Å². The van der Waals surface area contributed by atoms with Crippen molar-refractivity contribution in [2.45, 2.75) is 25.9 Å². The fourth-order valence-electron chi connectivity index (χ4n) is 2.49. The lowest BCUT2D eigenvalue weighted by Gasteiger charge is -2.35. The van der Waals surface area contributed by atoms with Gasteiger partial charge in [0.15, 0.2) is 0 Å². The first-order chi connectivity index (χ1) is 6.84. The summed E-state index contributed by atoms with van der Waals surface area (Å²) in [4.78, 5) is 2.57. The second-order valence-corrected chi connectivity index (χ2v) is 4.63. The number of rotatable bonds is 2. The van der Waals surface area contributed by atoms with E-state index in [-0.39, 0.29) is 0 Å². The van der Waals surface area contributed by atoms with E-state index in [0.717, 1.165) is 25.6 Å². The van der Waals surface area contributed by atoms with Crippen LogP contribution in [0.5, 0.6) is 0 Å². The Bertz CT molecular complexity index is 169. The summed E-state index contributed by atoms with van der Waals surface area (Å²) in [5.41, 5.74) is 0. The summed E-state index contributed by atoms with van der Waals surface area (Å²) in [6.45, 7) is 9.07. The average Bonchev–Trinajstić information content (AvgIpc) is 2.19. The Balaban J connectivity index is 1.72. The molecule has 0 bridgehead atoms. The molecule has 0 aromatic heterocycles. The first kappa shape index (κ1) is 10.4. The van der Waals surface area contributed by atoms with Gasteiger partial charge in [0.05, 0.1) is 12.7 Å². The zero-order valence-corrected chi connectivity index (χ0v) is 9.17. The normalized spacial score (nSPS) is 31.9. The molecule has 2 rings (SSSR count). The van der Waals surface area contributed by atoms with Crippen molar-refractivity contribution in [1.29, 1.82) is 0 Å². The van der Waals surface area contributed by atoms with Gasteiger partial charge in [-0.05, 0) is 38.8 Å². The topological polar surface area (TPSA) is 24.5 Å². The molecule has 1 unspecified atom stereocenters. The molecule has 0 saturated carbocycles. The summed E-state index contributed by atoms with van der Waals surface area (Å²) in [6, 6.07) is 0. The van der Waals surface area contributed by atoms with Crippen LogP contribution in [0.15, 0.2) is 0 Å². The van der Waals surface area contributed by atoms with Crippen LogP contribution in [0.4, 0.5) is 0 Å². The summed E-state index contributed by atoms with van der Waals surface area (Å²) >= 11 is 0. The van der Waals surface area contributed by atoms with Crippen LogP contribution in [-0.4, -0.2) is 50.3 Å². The highest BCUT2D eigenvalue weighted by Crippen LogP contribution is 2.15. The molecule has 2 aliphatic rings. The lowest BCUT2D eigenvalue weighted by Crippen LogP contribution is -2.44. The molecule has 3 nitrogen and oxygen atoms in total. The van der Waals surface area contributed by atoms with Gasteiger partial charge in [-0.1, -0.05) is 0 Å². The van der Waals surface area contributed by atoms with Crippen molar-refractivity contribution in [3.05, 3.63) is 0 Å². The van der Waals surface area contributed by atoms with Crippen LogP contribution in [0.2, 0.25) is 0 Å². The van der Waals surface area contributed by atoms with Crippen molar-refractivity contribution in [1.82, 2.24) is 10.2 Å². The molecule has 2 heterocycles. The van der Waals surface area contributed by atoms with E-state index in [2.05, 4.69) is 17.1 Å². The van der Waals surface area contributed by atoms with Crippen LogP contribution in [0.1, 0.15) is 19.8 Å². The summed E-state index contributed by atoms with van der Waals surface area (Å²) in [6.07, 6.45) is 3.14. The zero-order chi connectivity index (χ0) is 9.80. The number of nitrogens with one attached hydrogen (secondary N) is 1. The van der Waals surface area contributed by atoms with Crippen LogP contribution < -0.4 is 5.32 Å². The van der Waals surface area contributed by atoms with Gasteiger partial charge in [-0.25, -0.2) is 0 Å². The third kappa shape index (κ3) is 2.94. The number of nitrogens with zero attached hydrogens (tertiary/aromatic N) is 1. The Morgan fingerprint density at radius 3 is 2.86 bits per heavy atom. The molecule has 0 radical (unpaired) electrons. The minimum atomic E-state index is 0.436. The number of ether oxygens (including phenoxy) is 1. The van der Waals surface area contributed by atoms with Crippen LogP contribution in [0.25, 0.3) is 0 Å². The fraction of sp³-hybridized carbons (Fsp3) is 1.00. The van der Waals surface area contributed by atoms with Gasteiger partial charge in [-0.3, -0.25) is 4.90 Å². The molecule has 14 heavy (non-hydrogen) atoms. The molecular weight excluding hydrogens is 176 g/mol. The molecule has 0 aliphatic carbocycles. The Kier molecular flexibility index (Phi) is 3.79. The highest BCUT2D eigenvalue weighted by molar-refractivity contribution is 4.75. The largest absolute Gasteiger partial charge is 0.376 e. The summed E-state index contributed by atoms with van der Waals surface area (Å²) in [5, 5.41) is 3.42. The van der Waals surface area contributed by atoms with Crippen LogP contribution >= 0.6 is 0 Å². The van der Waals surface area contributed by atoms with E-state index in [1.807, 2.05) is 0 Å². The molecular formula is C11H22N2O. The van der Waals surface area contributed by atoms with Gasteiger partial charge >= 0.3 is 0 Å². The minimum absolute atomic E-state index is 0.436. The van der Waals surface area contributed by atoms with Gasteiger partial charge in [-0.15, -0.1) is 0 Å². The third-order valence-corrected chi connectivity index (χ3v) is 3.30. The van der Waals surface area contributed by atoms with Crippen LogP contribution in [-0.2, 0) is 4.74 Å². The monoisotopic (exact) mass is 198 g/mol. The van der Waals surface area contributed by atoms with E-state index >= 15 is 0 Å². The van der Waals surface area contributed by atoms with Gasteiger partial charge in [0.2, 0.25) is 0 Å². The molecule has 2 saturated heterocycles. The molecule has 0 spiro atoms. The molecule has 3 heteroatoms. The van der Waals surface area contributed by atoms with Crippen molar-refractivity contribution in [2.75, 3.05) is 39.3 Å². The summed E-state index contributed by atoms with van der Waals surface area (Å²) < 4.78 is 5.54. The van der Waals surface area contributed by atoms with E-state index in [9.17, 15) is 0 Å². The van der Waals surface area contributed by atoms with Crippen molar-refractivity contribution in [3.63, 3.8) is 0 Å². The lowest BCUT2D eigenvalue weighted by atomic mass is 9.97. The van der Waals surface area contributed by atoms with E-state index in [4.69, 9.17) is 4.74 Å². The van der Waals surface area contributed by atoms with Gasteiger partial charge < -0.3 is 10.1 Å². The maximum absolute atomic E-state index is 5.54. The number of morpholine rings is 1. The second-order valence-electron chi connectivity index (χ2n) is 4.63. The Hall–Kier alpha value is -0.120. The molecule has 2 fully saturated rings. The van der Waals surface area contributed by atoms with Gasteiger partial charge in [0, 0.05) is 19.6 Å². The van der Waals surface area contributed by atoms with Crippen molar-refractivity contribution in [3.8, 4) is 0 Å². The maximum atomic E-state index is 5.54. The predicted octanol–water partition coefficient (Wildman–Crippen LogP) is 0.707. The van der Waals surface area contributed by atoms with E-state index < -0.39 is 0 Å². The van der Waals surface area contributed by atoms with Crippen molar-refractivity contribution < 1.29 is 4.74 Å². The maximum Gasteiger partial charge on any atom is 0.0674 e. The quantitative estimate of drug-likeness (QED) is 0.707. The first-order valence-corrected chi connectivity index (χ1v) is 5.89. The Morgan fingerprint density at radius 2 is 2.14 bits per heavy atom. The SMILES string of the molecule is CC1CN(CC2CCNCC2)CCO1. The number of hydrogen-bond donors (Lipinski definition) is 1. The third-order valence-electron chi connectivity index (χ3n) is 3.30. The minimum Gasteiger partial charge on any atom is -0.376 e. The highest BCUT2D eigenvalue weighted by atomic mass is 16.5. The number of hydrogen-bond acceptors (Lipinski definition) is 3. The Morgan fingerprint density at radius 1 is 1.36 bits per heavy atom. The molecule has 0 aromatic carbocycles. The van der Waals surface area contributed by atoms with E-state index in [1.54, 1.807) is 0 Å². The fourth-order valence-corrected chi connectivity index (χ4v) is 2.49. The summed E-state index contributed by atoms with van der Waals surface area (Å²) in [5.74, 6) is 0.918. The zero-order valence-electron chi connectivity index (χ0n) is 9.17. The van der Waals surface area contributed by atoms with E-state index in [1.165, 1.54) is 32.5 Å². The molecule has 1 atom stereocenters. The van der Waals surface area contributed by atoms with Crippen LogP contribution in [0, 0.1) is 5.92 Å². The lowest BCUT2D eigenvalue weighted by molar-refractivity contribution is -0.0243. The number of piperidine rings is 1. The molecule has 1 N–H and O–H groups in total. The summed E-state index contributed by atoms with van der Waals surface area (Å²) in [7, 11) is 0. The average molecular weight is 198 g/mol.